The van der Waals surface area contributed by atoms with Crippen molar-refractivity contribution in [3.05, 3.63) is 29.8 Å². The maximum Gasteiger partial charge on any atom is 0.307 e. The molecular formula is C13H16F2N2O3. The number of rotatable bonds is 6. The third-order valence-electron chi connectivity index (χ3n) is 2.57. The fourth-order valence-corrected chi connectivity index (χ4v) is 1.68. The smallest absolute Gasteiger partial charge is 0.307 e. The molecule has 0 aliphatic heterocycles. The van der Waals surface area contributed by atoms with E-state index in [0.717, 1.165) is 12.1 Å². The molecule has 1 aromatic carbocycles. The number of carboxylic acids is 1. The number of carboxylic acid groups (broad SMARTS) is 1. The van der Waals surface area contributed by atoms with E-state index in [1.54, 1.807) is 7.05 Å². The highest BCUT2D eigenvalue weighted by molar-refractivity contribution is 5.92. The molecule has 1 unspecified atom stereocenters. The Balaban J connectivity index is 2.53. The predicted octanol–water partition coefficient (Wildman–Crippen LogP) is 1.56. The molecule has 20 heavy (non-hydrogen) atoms. The number of halogens is 2. The number of nitrogens with zero attached hydrogens (tertiary/aromatic N) is 1. The van der Waals surface area contributed by atoms with Crippen LogP contribution < -0.4 is 5.32 Å². The third-order valence-corrected chi connectivity index (χ3v) is 2.57. The largest absolute Gasteiger partial charge is 0.481 e. The van der Waals surface area contributed by atoms with Crippen LogP contribution in [0.15, 0.2) is 18.2 Å². The van der Waals surface area contributed by atoms with E-state index in [1.165, 1.54) is 11.8 Å². The van der Waals surface area contributed by atoms with Gasteiger partial charge in [-0.3, -0.25) is 14.5 Å². The number of amides is 1. The standard InChI is InChI=1S/C13H16F2N2O3/c1-8(13(19)20)6-17(2)7-12(18)16-11-4-9(14)3-10(15)5-11/h3-5,8H,6-7H2,1-2H3,(H,16,18)(H,19,20). The summed E-state index contributed by atoms with van der Waals surface area (Å²) in [6.07, 6.45) is 0. The minimum atomic E-state index is -0.954. The zero-order chi connectivity index (χ0) is 15.3. The molecule has 1 aromatic rings. The number of nitrogens with one attached hydrogen (secondary N) is 1. The number of likely N-dealkylation sites (N-methyl/N-ethyl adjacent to an activating group) is 1. The Bertz CT molecular complexity index is 488. The van der Waals surface area contributed by atoms with Crippen LogP contribution in [-0.2, 0) is 9.59 Å². The second-order valence-corrected chi connectivity index (χ2v) is 4.64. The first kappa shape index (κ1) is 16.0. The summed E-state index contributed by atoms with van der Waals surface area (Å²) in [5, 5.41) is 11.1. The van der Waals surface area contributed by atoms with E-state index in [9.17, 15) is 18.4 Å². The molecule has 0 aliphatic rings. The lowest BCUT2D eigenvalue weighted by atomic mass is 10.2. The molecule has 5 nitrogen and oxygen atoms in total. The number of aliphatic carboxylic acids is 1. The molecule has 0 aliphatic carbocycles. The molecule has 1 atom stereocenters. The van der Waals surface area contributed by atoms with Crippen molar-refractivity contribution >= 4 is 17.6 Å². The SMILES string of the molecule is CC(CN(C)CC(=O)Nc1cc(F)cc(F)c1)C(=O)O. The van der Waals surface area contributed by atoms with Crippen molar-refractivity contribution in [2.75, 3.05) is 25.5 Å². The summed E-state index contributed by atoms with van der Waals surface area (Å²) < 4.78 is 25.9. The van der Waals surface area contributed by atoms with Gasteiger partial charge in [-0.15, -0.1) is 0 Å². The molecule has 1 rings (SSSR count). The fourth-order valence-electron chi connectivity index (χ4n) is 1.68. The first-order chi connectivity index (χ1) is 9.27. The van der Waals surface area contributed by atoms with Crippen LogP contribution >= 0.6 is 0 Å². The summed E-state index contributed by atoms with van der Waals surface area (Å²) in [7, 11) is 1.59. The van der Waals surface area contributed by atoms with E-state index in [2.05, 4.69) is 5.32 Å². The van der Waals surface area contributed by atoms with Crippen molar-refractivity contribution in [2.45, 2.75) is 6.92 Å². The molecular weight excluding hydrogens is 270 g/mol. The van der Waals surface area contributed by atoms with Crippen LogP contribution in [-0.4, -0.2) is 42.0 Å². The van der Waals surface area contributed by atoms with Gasteiger partial charge in [0.05, 0.1) is 12.5 Å². The third kappa shape index (κ3) is 5.31. The van der Waals surface area contributed by atoms with Crippen LogP contribution in [0.4, 0.5) is 14.5 Å². The monoisotopic (exact) mass is 286 g/mol. The van der Waals surface area contributed by atoms with E-state index >= 15 is 0 Å². The highest BCUT2D eigenvalue weighted by Gasteiger charge is 2.15. The average molecular weight is 286 g/mol. The molecule has 0 saturated heterocycles. The highest BCUT2D eigenvalue weighted by atomic mass is 19.1. The number of anilines is 1. The van der Waals surface area contributed by atoms with Gasteiger partial charge in [0, 0.05) is 18.3 Å². The summed E-state index contributed by atoms with van der Waals surface area (Å²) in [6, 6.07) is 2.71. The molecule has 2 N–H and O–H groups in total. The van der Waals surface area contributed by atoms with Gasteiger partial charge in [0.25, 0.3) is 0 Å². The van der Waals surface area contributed by atoms with Crippen LogP contribution in [0, 0.1) is 17.6 Å². The van der Waals surface area contributed by atoms with Crippen molar-refractivity contribution in [1.82, 2.24) is 4.90 Å². The Morgan fingerprint density at radius 3 is 2.35 bits per heavy atom. The van der Waals surface area contributed by atoms with Crippen LogP contribution in [0.3, 0.4) is 0 Å². The van der Waals surface area contributed by atoms with Crippen LogP contribution in [0.25, 0.3) is 0 Å². The van der Waals surface area contributed by atoms with Gasteiger partial charge in [-0.25, -0.2) is 8.78 Å². The molecule has 0 fully saturated rings. The minimum absolute atomic E-state index is 0.0205. The molecule has 0 heterocycles. The molecule has 7 heteroatoms. The topological polar surface area (TPSA) is 69.6 Å². The molecule has 0 spiro atoms. The predicted molar refractivity (Wildman–Crippen MR) is 69.3 cm³/mol. The van der Waals surface area contributed by atoms with Gasteiger partial charge in [-0.05, 0) is 19.2 Å². The zero-order valence-corrected chi connectivity index (χ0v) is 11.2. The van der Waals surface area contributed by atoms with E-state index in [-0.39, 0.29) is 18.8 Å². The highest BCUT2D eigenvalue weighted by Crippen LogP contribution is 2.12. The van der Waals surface area contributed by atoms with Crippen molar-refractivity contribution in [1.29, 1.82) is 0 Å². The van der Waals surface area contributed by atoms with Gasteiger partial charge < -0.3 is 10.4 Å². The lowest BCUT2D eigenvalue weighted by molar-refractivity contribution is -0.141. The number of carbonyl (C=O) groups is 2. The van der Waals surface area contributed by atoms with Gasteiger partial charge in [-0.1, -0.05) is 6.92 Å². The number of hydrogen-bond acceptors (Lipinski definition) is 3. The van der Waals surface area contributed by atoms with Crippen molar-refractivity contribution in [3.63, 3.8) is 0 Å². The maximum atomic E-state index is 12.9. The summed E-state index contributed by atoms with van der Waals surface area (Å²) in [4.78, 5) is 23.8. The van der Waals surface area contributed by atoms with Crippen molar-refractivity contribution in [3.8, 4) is 0 Å². The first-order valence-corrected chi connectivity index (χ1v) is 5.95. The Kier molecular flexibility index (Phi) is 5.57. The van der Waals surface area contributed by atoms with Crippen molar-refractivity contribution < 1.29 is 23.5 Å². The van der Waals surface area contributed by atoms with E-state index in [1.807, 2.05) is 0 Å². The number of benzene rings is 1. The Morgan fingerprint density at radius 2 is 1.85 bits per heavy atom. The van der Waals surface area contributed by atoms with Gasteiger partial charge in [0.1, 0.15) is 11.6 Å². The minimum Gasteiger partial charge on any atom is -0.481 e. The van der Waals surface area contributed by atoms with Gasteiger partial charge >= 0.3 is 5.97 Å². The second-order valence-electron chi connectivity index (χ2n) is 4.64. The van der Waals surface area contributed by atoms with Crippen molar-refractivity contribution in [2.24, 2.45) is 5.92 Å². The second kappa shape index (κ2) is 6.95. The summed E-state index contributed by atoms with van der Waals surface area (Å²) in [6.45, 7) is 1.65. The lowest BCUT2D eigenvalue weighted by Crippen LogP contribution is -2.35. The summed E-state index contributed by atoms with van der Waals surface area (Å²) in [5.74, 6) is -3.61. The van der Waals surface area contributed by atoms with E-state index in [0.29, 0.717) is 6.07 Å². The van der Waals surface area contributed by atoms with Crippen LogP contribution in [0.5, 0.6) is 0 Å². The Labute approximate surface area is 115 Å². The van der Waals surface area contributed by atoms with E-state index < -0.39 is 29.4 Å². The average Bonchev–Trinajstić information content (AvgIpc) is 2.26. The van der Waals surface area contributed by atoms with Crippen LogP contribution in [0.2, 0.25) is 0 Å². The normalized spacial score (nSPS) is 12.2. The maximum absolute atomic E-state index is 12.9. The first-order valence-electron chi connectivity index (χ1n) is 5.95. The molecule has 110 valence electrons. The fraction of sp³-hybridized carbons (Fsp3) is 0.385. The molecule has 0 aromatic heterocycles. The van der Waals surface area contributed by atoms with Crippen LogP contribution in [0.1, 0.15) is 6.92 Å². The lowest BCUT2D eigenvalue weighted by Gasteiger charge is -2.18. The molecule has 0 radical (unpaired) electrons. The number of carbonyl (C=O) groups excluding carboxylic acids is 1. The van der Waals surface area contributed by atoms with Gasteiger partial charge in [-0.2, -0.15) is 0 Å². The molecule has 0 saturated carbocycles. The zero-order valence-electron chi connectivity index (χ0n) is 11.2. The Hall–Kier alpha value is -2.02. The molecule has 1 amide bonds. The quantitative estimate of drug-likeness (QED) is 0.832. The van der Waals surface area contributed by atoms with Gasteiger partial charge in [0.2, 0.25) is 5.91 Å². The summed E-state index contributed by atoms with van der Waals surface area (Å²) >= 11 is 0. The molecule has 0 bridgehead atoms. The number of hydrogen-bond donors (Lipinski definition) is 2. The van der Waals surface area contributed by atoms with E-state index in [4.69, 9.17) is 5.11 Å². The Morgan fingerprint density at radius 1 is 1.30 bits per heavy atom. The van der Waals surface area contributed by atoms with Gasteiger partial charge in [0.15, 0.2) is 0 Å². The summed E-state index contributed by atoms with van der Waals surface area (Å²) in [5.41, 5.74) is 0.0205.